The Kier molecular flexibility index (Phi) is 5.68. The third-order valence-corrected chi connectivity index (χ3v) is 2.97. The molecule has 0 radical (unpaired) electrons. The Morgan fingerprint density at radius 3 is 2.71 bits per heavy atom. The fourth-order valence-corrected chi connectivity index (χ4v) is 1.88. The van der Waals surface area contributed by atoms with Gasteiger partial charge in [-0.1, -0.05) is 18.2 Å². The molecular weight excluding hydrogens is 192 g/mol. The molecule has 1 aromatic carbocycles. The molecule has 0 aromatic heterocycles. The number of hydrogen-bond acceptors (Lipinski definition) is 3. The average Bonchev–Trinajstić information content (AvgIpc) is 2.25. The highest BCUT2D eigenvalue weighted by atomic mass is 32.2. The molecule has 0 amide bonds. The van der Waals surface area contributed by atoms with Crippen molar-refractivity contribution in [2.45, 2.75) is 17.9 Å². The SMILES string of the molecule is C[C@H](CN)NCCSc1ccccc1. The lowest BCUT2D eigenvalue weighted by Crippen LogP contribution is -2.34. The topological polar surface area (TPSA) is 38.0 Å². The molecule has 3 N–H and O–H groups in total. The van der Waals surface area contributed by atoms with Crippen molar-refractivity contribution in [3.8, 4) is 0 Å². The minimum atomic E-state index is 0.423. The van der Waals surface area contributed by atoms with E-state index in [0.29, 0.717) is 12.6 Å². The van der Waals surface area contributed by atoms with Crippen LogP contribution in [0.5, 0.6) is 0 Å². The van der Waals surface area contributed by atoms with E-state index in [1.54, 1.807) is 0 Å². The molecule has 0 bridgehead atoms. The van der Waals surface area contributed by atoms with Gasteiger partial charge in [-0.2, -0.15) is 0 Å². The smallest absolute Gasteiger partial charge is 0.0162 e. The molecule has 0 aliphatic heterocycles. The maximum Gasteiger partial charge on any atom is 0.0162 e. The van der Waals surface area contributed by atoms with E-state index in [-0.39, 0.29) is 0 Å². The van der Waals surface area contributed by atoms with Crippen LogP contribution in [0.15, 0.2) is 35.2 Å². The lowest BCUT2D eigenvalue weighted by Gasteiger charge is -2.10. The second kappa shape index (κ2) is 6.87. The third-order valence-electron chi connectivity index (χ3n) is 1.96. The summed E-state index contributed by atoms with van der Waals surface area (Å²) in [5.41, 5.74) is 5.50. The molecule has 0 aliphatic rings. The van der Waals surface area contributed by atoms with E-state index in [0.717, 1.165) is 12.3 Å². The molecule has 1 rings (SSSR count). The van der Waals surface area contributed by atoms with Crippen LogP contribution in [0.25, 0.3) is 0 Å². The first kappa shape index (κ1) is 11.6. The summed E-state index contributed by atoms with van der Waals surface area (Å²) in [4.78, 5) is 1.33. The first-order valence-electron chi connectivity index (χ1n) is 4.94. The zero-order chi connectivity index (χ0) is 10.2. The van der Waals surface area contributed by atoms with Gasteiger partial charge in [0.15, 0.2) is 0 Å². The summed E-state index contributed by atoms with van der Waals surface area (Å²) in [6, 6.07) is 10.9. The number of nitrogens with one attached hydrogen (secondary N) is 1. The molecule has 0 spiro atoms. The fourth-order valence-electron chi connectivity index (χ4n) is 1.07. The van der Waals surface area contributed by atoms with Crippen molar-refractivity contribution in [1.29, 1.82) is 0 Å². The second-order valence-electron chi connectivity index (χ2n) is 3.25. The molecule has 3 heteroatoms. The Bertz CT molecular complexity index is 238. The summed E-state index contributed by atoms with van der Waals surface area (Å²) in [6.07, 6.45) is 0. The van der Waals surface area contributed by atoms with Gasteiger partial charge in [-0.05, 0) is 19.1 Å². The first-order valence-corrected chi connectivity index (χ1v) is 5.93. The number of hydrogen-bond donors (Lipinski definition) is 2. The Hall–Kier alpha value is -0.510. The van der Waals surface area contributed by atoms with Crippen LogP contribution in [-0.4, -0.2) is 24.9 Å². The summed E-state index contributed by atoms with van der Waals surface area (Å²) in [7, 11) is 0. The van der Waals surface area contributed by atoms with Crippen LogP contribution in [0.4, 0.5) is 0 Å². The van der Waals surface area contributed by atoms with Crippen LogP contribution < -0.4 is 11.1 Å². The molecular formula is C11H18N2S. The normalized spacial score (nSPS) is 12.7. The van der Waals surface area contributed by atoms with Crippen molar-refractivity contribution in [3.05, 3.63) is 30.3 Å². The molecule has 0 fully saturated rings. The van der Waals surface area contributed by atoms with Crippen molar-refractivity contribution < 1.29 is 0 Å². The Balaban J connectivity index is 2.10. The predicted molar refractivity (Wildman–Crippen MR) is 63.7 cm³/mol. The van der Waals surface area contributed by atoms with E-state index in [4.69, 9.17) is 5.73 Å². The highest BCUT2D eigenvalue weighted by Crippen LogP contribution is 2.15. The lowest BCUT2D eigenvalue weighted by molar-refractivity contribution is 0.579. The maximum atomic E-state index is 5.50. The van der Waals surface area contributed by atoms with E-state index < -0.39 is 0 Å². The Morgan fingerprint density at radius 2 is 2.07 bits per heavy atom. The number of thioether (sulfide) groups is 1. The highest BCUT2D eigenvalue weighted by molar-refractivity contribution is 7.99. The van der Waals surface area contributed by atoms with Gasteiger partial charge < -0.3 is 11.1 Å². The summed E-state index contributed by atoms with van der Waals surface area (Å²) >= 11 is 1.87. The van der Waals surface area contributed by atoms with Gasteiger partial charge in [-0.25, -0.2) is 0 Å². The molecule has 78 valence electrons. The second-order valence-corrected chi connectivity index (χ2v) is 4.42. The standard InChI is InChI=1S/C11H18N2S/c1-10(9-12)13-7-8-14-11-5-3-2-4-6-11/h2-6,10,13H,7-9,12H2,1H3/t10-/m1/s1. The molecule has 0 saturated carbocycles. The maximum absolute atomic E-state index is 5.50. The van der Waals surface area contributed by atoms with Crippen molar-refractivity contribution >= 4 is 11.8 Å². The number of rotatable bonds is 6. The van der Waals surface area contributed by atoms with E-state index in [2.05, 4.69) is 36.5 Å². The Labute approximate surface area is 90.3 Å². The quantitative estimate of drug-likeness (QED) is 0.554. The zero-order valence-electron chi connectivity index (χ0n) is 8.57. The zero-order valence-corrected chi connectivity index (χ0v) is 9.39. The van der Waals surface area contributed by atoms with Gasteiger partial charge in [0.1, 0.15) is 0 Å². The summed E-state index contributed by atoms with van der Waals surface area (Å²) in [6.45, 7) is 3.82. The minimum Gasteiger partial charge on any atom is -0.329 e. The molecule has 14 heavy (non-hydrogen) atoms. The number of nitrogens with two attached hydrogens (primary N) is 1. The van der Waals surface area contributed by atoms with Crippen LogP contribution in [0.2, 0.25) is 0 Å². The molecule has 0 unspecified atom stereocenters. The van der Waals surface area contributed by atoms with Crippen molar-refractivity contribution in [2.24, 2.45) is 5.73 Å². The Morgan fingerprint density at radius 1 is 1.36 bits per heavy atom. The molecule has 1 atom stereocenters. The molecule has 0 heterocycles. The van der Waals surface area contributed by atoms with Crippen LogP contribution in [0.3, 0.4) is 0 Å². The van der Waals surface area contributed by atoms with Crippen molar-refractivity contribution in [1.82, 2.24) is 5.32 Å². The monoisotopic (exact) mass is 210 g/mol. The van der Waals surface area contributed by atoms with Gasteiger partial charge in [-0.15, -0.1) is 11.8 Å². The molecule has 0 saturated heterocycles. The van der Waals surface area contributed by atoms with Gasteiger partial charge in [0.05, 0.1) is 0 Å². The van der Waals surface area contributed by atoms with Crippen molar-refractivity contribution in [2.75, 3.05) is 18.8 Å². The molecule has 1 aromatic rings. The van der Waals surface area contributed by atoms with Crippen LogP contribution in [0.1, 0.15) is 6.92 Å². The van der Waals surface area contributed by atoms with E-state index in [1.807, 2.05) is 17.8 Å². The number of benzene rings is 1. The van der Waals surface area contributed by atoms with E-state index >= 15 is 0 Å². The van der Waals surface area contributed by atoms with Crippen molar-refractivity contribution in [3.63, 3.8) is 0 Å². The van der Waals surface area contributed by atoms with E-state index in [1.165, 1.54) is 4.90 Å². The molecule has 2 nitrogen and oxygen atoms in total. The lowest BCUT2D eigenvalue weighted by atomic mass is 10.3. The highest BCUT2D eigenvalue weighted by Gasteiger charge is 1.96. The third kappa shape index (κ3) is 4.65. The summed E-state index contributed by atoms with van der Waals surface area (Å²) in [5.74, 6) is 1.09. The van der Waals surface area contributed by atoms with Crippen LogP contribution >= 0.6 is 11.8 Å². The summed E-state index contributed by atoms with van der Waals surface area (Å²) < 4.78 is 0. The largest absolute Gasteiger partial charge is 0.329 e. The molecule has 0 aliphatic carbocycles. The minimum absolute atomic E-state index is 0.423. The predicted octanol–water partition coefficient (Wildman–Crippen LogP) is 1.72. The summed E-state index contributed by atoms with van der Waals surface area (Å²) in [5, 5.41) is 3.36. The van der Waals surface area contributed by atoms with E-state index in [9.17, 15) is 0 Å². The van der Waals surface area contributed by atoms with Gasteiger partial charge in [0, 0.05) is 29.8 Å². The van der Waals surface area contributed by atoms with Gasteiger partial charge >= 0.3 is 0 Å². The fraction of sp³-hybridized carbons (Fsp3) is 0.455. The average molecular weight is 210 g/mol. The van der Waals surface area contributed by atoms with Crippen LogP contribution in [-0.2, 0) is 0 Å². The van der Waals surface area contributed by atoms with Gasteiger partial charge in [0.2, 0.25) is 0 Å². The first-order chi connectivity index (χ1) is 6.83. The van der Waals surface area contributed by atoms with Gasteiger partial charge in [0.25, 0.3) is 0 Å². The van der Waals surface area contributed by atoms with Gasteiger partial charge in [-0.3, -0.25) is 0 Å². The van der Waals surface area contributed by atoms with Crippen LogP contribution in [0, 0.1) is 0 Å².